The number of hydrogen-bond donors (Lipinski definition) is 4. The van der Waals surface area contributed by atoms with E-state index in [0.29, 0.717) is 47.4 Å². The first-order valence-electron chi connectivity index (χ1n) is 16.7. The molecule has 1 aromatic rings. The van der Waals surface area contributed by atoms with Crippen molar-refractivity contribution in [2.24, 2.45) is 11.8 Å². The third kappa shape index (κ3) is 7.33. The Balaban J connectivity index is 1.40. The summed E-state index contributed by atoms with van der Waals surface area (Å²) in [7, 11) is 1.56. The van der Waals surface area contributed by atoms with Crippen molar-refractivity contribution in [2.75, 3.05) is 12.4 Å². The van der Waals surface area contributed by atoms with Gasteiger partial charge in [0.2, 0.25) is 11.8 Å². The predicted octanol–water partition coefficient (Wildman–Crippen LogP) is 4.98. The molecule has 0 aromatic heterocycles. The number of phenols is 1. The zero-order valence-electron chi connectivity index (χ0n) is 27.3. The third-order valence-electron chi connectivity index (χ3n) is 9.97. The van der Waals surface area contributed by atoms with Gasteiger partial charge in [-0.25, -0.2) is 4.79 Å². The number of ether oxygens (including phenoxy) is 3. The number of phenolic OH excluding ortho intramolecular Hbond substituents is 1. The molecule has 10 heteroatoms. The Hall–Kier alpha value is -3.63. The van der Waals surface area contributed by atoms with Crippen LogP contribution < -0.4 is 15.4 Å². The van der Waals surface area contributed by atoms with Crippen molar-refractivity contribution in [3.63, 3.8) is 0 Å². The van der Waals surface area contributed by atoms with Crippen LogP contribution in [0.3, 0.4) is 0 Å². The van der Waals surface area contributed by atoms with Gasteiger partial charge < -0.3 is 35.1 Å². The molecular formula is C36H48N2O8. The van der Waals surface area contributed by atoms with E-state index in [-0.39, 0.29) is 35.8 Å². The monoisotopic (exact) mass is 636 g/mol. The number of fused-ring (bicyclic) bond motifs is 8. The standard InChI is InChI=1S/C36H48N2O8/c1-20-12-11-15-24-18-27-30-25(34(45-27)28(44-4)19-29(39)38-31(30)33(24)41)16-9-6-10-17-26(21(2)32(20)40)46-36(43)22(3)37-35(42)23-13-7-5-8-14-23/h6,9-10,12,16,18,21-23,25-26,28,32,34,40-41H,5,7-8,11,13-15,17,19H2,1-4H3,(H,37,42)(H,38,39)/b10-6-,16-9+,20-12-/t21-,22+,25-,26-,28+,32-,34+/m0/s1. The molecule has 2 aliphatic heterocycles. The highest BCUT2D eigenvalue weighted by Gasteiger charge is 2.44. The average Bonchev–Trinajstić information content (AvgIpc) is 3.42. The predicted molar refractivity (Wildman–Crippen MR) is 174 cm³/mol. The van der Waals surface area contributed by atoms with Crippen LogP contribution in [0.25, 0.3) is 0 Å². The van der Waals surface area contributed by atoms with Gasteiger partial charge >= 0.3 is 5.97 Å². The minimum absolute atomic E-state index is 0.0159. The van der Waals surface area contributed by atoms with Gasteiger partial charge in [0.05, 0.1) is 18.2 Å². The molecule has 5 aliphatic rings. The Bertz CT molecular complexity index is 1390. The van der Waals surface area contributed by atoms with E-state index in [4.69, 9.17) is 14.2 Å². The number of aryl methyl sites for hydroxylation is 1. The highest BCUT2D eigenvalue weighted by molar-refractivity contribution is 5.95. The van der Waals surface area contributed by atoms with Crippen LogP contribution in [0.1, 0.15) is 89.2 Å². The first kappa shape index (κ1) is 33.7. The van der Waals surface area contributed by atoms with Crippen LogP contribution in [-0.2, 0) is 30.3 Å². The summed E-state index contributed by atoms with van der Waals surface area (Å²) in [5.41, 5.74) is 2.41. The normalized spacial score (nSPS) is 31.7. The smallest absolute Gasteiger partial charge is 0.328 e. The number of nitrogens with one attached hydrogen (secondary N) is 2. The second-order valence-electron chi connectivity index (χ2n) is 13.2. The number of esters is 1. The van der Waals surface area contributed by atoms with Crippen molar-refractivity contribution in [1.82, 2.24) is 5.32 Å². The van der Waals surface area contributed by atoms with E-state index in [9.17, 15) is 24.6 Å². The Morgan fingerprint density at radius 3 is 2.65 bits per heavy atom. The van der Waals surface area contributed by atoms with E-state index in [2.05, 4.69) is 10.6 Å². The Kier molecular flexibility index (Phi) is 10.9. The van der Waals surface area contributed by atoms with Crippen molar-refractivity contribution < 1.29 is 38.8 Å². The first-order chi connectivity index (χ1) is 22.1. The van der Waals surface area contributed by atoms with E-state index in [1.54, 1.807) is 14.0 Å². The van der Waals surface area contributed by atoms with Gasteiger partial charge in [-0.3, -0.25) is 9.59 Å². The molecule has 1 fully saturated rings. The summed E-state index contributed by atoms with van der Waals surface area (Å²) in [4.78, 5) is 38.8. The maximum atomic E-state index is 13.2. The van der Waals surface area contributed by atoms with Gasteiger partial charge in [0.1, 0.15) is 35.9 Å². The van der Waals surface area contributed by atoms with Gasteiger partial charge in [-0.05, 0) is 51.2 Å². The molecule has 4 N–H and O–H groups in total. The second-order valence-corrected chi connectivity index (χ2v) is 13.2. The van der Waals surface area contributed by atoms with Crippen LogP contribution in [0.2, 0.25) is 0 Å². The number of methoxy groups -OCH3 is 1. The number of rotatable bonds is 5. The maximum Gasteiger partial charge on any atom is 0.328 e. The molecule has 7 atom stereocenters. The SMILES string of the molecule is CO[C@@H]1CC(=O)Nc2c(O)c3cc4c2[C@H](/C=C/C=C\C[C@H](OC(=O)[C@@H](C)NC(=O)C2CCCCC2)[C@H](C)[C@@H](O)/C(C)=C\CC3)[C@H]1O4. The Morgan fingerprint density at radius 2 is 1.91 bits per heavy atom. The second kappa shape index (κ2) is 14.9. The van der Waals surface area contributed by atoms with Gasteiger partial charge in [0.15, 0.2) is 0 Å². The topological polar surface area (TPSA) is 143 Å². The van der Waals surface area contributed by atoms with Crippen LogP contribution in [0.5, 0.6) is 11.5 Å². The van der Waals surface area contributed by atoms with E-state index in [1.165, 1.54) is 0 Å². The van der Waals surface area contributed by atoms with Crippen molar-refractivity contribution in [2.45, 2.75) is 115 Å². The lowest BCUT2D eigenvalue weighted by atomic mass is 9.86. The number of allylic oxidation sites excluding steroid dienone is 3. The van der Waals surface area contributed by atoms with Crippen molar-refractivity contribution >= 4 is 23.5 Å². The lowest BCUT2D eigenvalue weighted by Gasteiger charge is -2.29. The molecule has 0 saturated heterocycles. The Labute approximate surface area is 271 Å². The molecule has 0 radical (unpaired) electrons. The van der Waals surface area contributed by atoms with Crippen LogP contribution >= 0.6 is 0 Å². The Morgan fingerprint density at radius 1 is 1.15 bits per heavy atom. The van der Waals surface area contributed by atoms with E-state index < -0.39 is 42.3 Å². The van der Waals surface area contributed by atoms with E-state index >= 15 is 0 Å². The van der Waals surface area contributed by atoms with Crippen molar-refractivity contribution in [3.05, 3.63) is 53.1 Å². The average molecular weight is 637 g/mol. The molecule has 2 amide bonds. The van der Waals surface area contributed by atoms with Crippen LogP contribution in [0, 0.1) is 11.8 Å². The van der Waals surface area contributed by atoms with Gasteiger partial charge in [0, 0.05) is 42.4 Å². The van der Waals surface area contributed by atoms with Crippen molar-refractivity contribution in [1.29, 1.82) is 0 Å². The number of carbonyl (C=O) groups is 3. The van der Waals surface area contributed by atoms with Crippen LogP contribution in [-0.4, -0.2) is 65.6 Å². The number of aliphatic hydroxyl groups excluding tert-OH is 1. The fourth-order valence-corrected chi connectivity index (χ4v) is 7.11. The van der Waals surface area contributed by atoms with Crippen LogP contribution in [0.4, 0.5) is 5.69 Å². The summed E-state index contributed by atoms with van der Waals surface area (Å²) >= 11 is 0. The molecule has 0 spiro atoms. The number of amides is 2. The summed E-state index contributed by atoms with van der Waals surface area (Å²) < 4.78 is 18.0. The number of aromatic hydroxyl groups is 1. The molecule has 250 valence electrons. The zero-order valence-corrected chi connectivity index (χ0v) is 27.3. The molecule has 10 nitrogen and oxygen atoms in total. The molecule has 1 saturated carbocycles. The molecule has 6 bridgehead atoms. The highest BCUT2D eigenvalue weighted by Crippen LogP contribution is 2.51. The van der Waals surface area contributed by atoms with Crippen molar-refractivity contribution in [3.8, 4) is 11.5 Å². The summed E-state index contributed by atoms with van der Waals surface area (Å²) in [5, 5.41) is 28.4. The quantitative estimate of drug-likeness (QED) is 0.201. The minimum Gasteiger partial charge on any atom is -0.505 e. The van der Waals surface area contributed by atoms with E-state index in [1.807, 2.05) is 50.3 Å². The summed E-state index contributed by atoms with van der Waals surface area (Å²) in [6, 6.07) is 1.02. The van der Waals surface area contributed by atoms with Gasteiger partial charge in [-0.2, -0.15) is 0 Å². The lowest BCUT2D eigenvalue weighted by Crippen LogP contribution is -2.45. The number of hydrogen-bond acceptors (Lipinski definition) is 8. The fourth-order valence-electron chi connectivity index (χ4n) is 7.11. The summed E-state index contributed by atoms with van der Waals surface area (Å²) in [5.74, 6) is -1.08. The maximum absolute atomic E-state index is 13.2. The molecule has 3 aliphatic carbocycles. The summed E-state index contributed by atoms with van der Waals surface area (Å²) in [6.07, 6.45) is 13.2. The molecule has 46 heavy (non-hydrogen) atoms. The number of aliphatic hydroxyl groups is 1. The third-order valence-corrected chi connectivity index (χ3v) is 9.97. The molecule has 0 unspecified atom stereocenters. The minimum atomic E-state index is -0.890. The first-order valence-corrected chi connectivity index (χ1v) is 16.7. The number of anilines is 1. The van der Waals surface area contributed by atoms with E-state index in [0.717, 1.165) is 32.1 Å². The largest absolute Gasteiger partial charge is 0.505 e. The van der Waals surface area contributed by atoms with Crippen LogP contribution in [0.15, 0.2) is 42.0 Å². The fraction of sp³-hybridized carbons (Fsp3) is 0.583. The van der Waals surface area contributed by atoms with Gasteiger partial charge in [0.25, 0.3) is 0 Å². The number of benzene rings is 1. The molecule has 1 aromatic carbocycles. The molecule has 2 heterocycles. The van der Waals surface area contributed by atoms with Gasteiger partial charge in [-0.1, -0.05) is 56.6 Å². The zero-order chi connectivity index (χ0) is 33.0. The number of carbonyl (C=O) groups excluding carboxylic acids is 3. The highest BCUT2D eigenvalue weighted by atomic mass is 16.5. The van der Waals surface area contributed by atoms with Gasteiger partial charge in [-0.15, -0.1) is 0 Å². The molecular weight excluding hydrogens is 588 g/mol. The molecule has 6 rings (SSSR count). The lowest BCUT2D eigenvalue weighted by molar-refractivity contribution is -0.156. The summed E-state index contributed by atoms with van der Waals surface area (Å²) in [6.45, 7) is 5.33.